The van der Waals surface area contributed by atoms with E-state index < -0.39 is 0 Å². The minimum absolute atomic E-state index is 0.281. The fraction of sp³-hybridized carbons (Fsp3) is 0.455. The van der Waals surface area contributed by atoms with Crippen LogP contribution in [0, 0.1) is 0 Å². The molecule has 0 heterocycles. The van der Waals surface area contributed by atoms with Gasteiger partial charge in [0.2, 0.25) is 0 Å². The van der Waals surface area contributed by atoms with Gasteiger partial charge in [-0.3, -0.25) is 0 Å². The first-order valence-electron chi connectivity index (χ1n) is 4.62. The molecule has 0 aliphatic heterocycles. The van der Waals surface area contributed by atoms with E-state index in [0.29, 0.717) is 6.61 Å². The van der Waals surface area contributed by atoms with Gasteiger partial charge >= 0.3 is 0 Å². The van der Waals surface area contributed by atoms with Crippen molar-refractivity contribution < 1.29 is 4.74 Å². The minimum atomic E-state index is 0.281. The summed E-state index contributed by atoms with van der Waals surface area (Å²) < 4.78 is 5.18. The first-order chi connectivity index (χ1) is 6.83. The lowest BCUT2D eigenvalue weighted by Gasteiger charge is -2.18. The second-order valence-electron chi connectivity index (χ2n) is 3.04. The predicted molar refractivity (Wildman–Crippen MR) is 61.9 cm³/mol. The minimum Gasteiger partial charge on any atom is -0.383 e. The first kappa shape index (κ1) is 11.6. The van der Waals surface area contributed by atoms with Crippen LogP contribution in [0.25, 0.3) is 0 Å². The van der Waals surface area contributed by atoms with E-state index in [0.717, 1.165) is 0 Å². The quantitative estimate of drug-likeness (QED) is 0.755. The molecule has 0 radical (unpaired) electrons. The van der Waals surface area contributed by atoms with Crippen molar-refractivity contribution in [3.05, 3.63) is 29.8 Å². The molecule has 3 heteroatoms. The number of hydrogen-bond donors (Lipinski definition) is 1. The summed E-state index contributed by atoms with van der Waals surface area (Å²) in [6, 6.07) is 8.69. The van der Waals surface area contributed by atoms with Gasteiger partial charge in [0.05, 0.1) is 12.6 Å². The molecule has 14 heavy (non-hydrogen) atoms. The molecule has 78 valence electrons. The predicted octanol–water partition coefficient (Wildman–Crippen LogP) is 2.32. The largest absolute Gasteiger partial charge is 0.383 e. The van der Waals surface area contributed by atoms with Gasteiger partial charge in [-0.15, -0.1) is 11.8 Å². The number of thioether (sulfide) groups is 1. The molecule has 1 N–H and O–H groups in total. The van der Waals surface area contributed by atoms with Crippen LogP contribution < -0.4 is 5.32 Å². The van der Waals surface area contributed by atoms with Crippen molar-refractivity contribution in [2.24, 2.45) is 0 Å². The topological polar surface area (TPSA) is 21.3 Å². The number of ether oxygens (including phenoxy) is 1. The summed E-state index contributed by atoms with van der Waals surface area (Å²) in [5.41, 5.74) is 1.31. The maximum atomic E-state index is 5.18. The van der Waals surface area contributed by atoms with Crippen LogP contribution in [0.2, 0.25) is 0 Å². The van der Waals surface area contributed by atoms with Crippen LogP contribution in [0.5, 0.6) is 0 Å². The van der Waals surface area contributed by atoms with E-state index in [1.807, 2.05) is 7.05 Å². The molecule has 0 aliphatic rings. The van der Waals surface area contributed by atoms with Crippen LogP contribution in [0.15, 0.2) is 29.2 Å². The Balaban J connectivity index is 2.90. The molecule has 1 rings (SSSR count). The summed E-state index contributed by atoms with van der Waals surface area (Å²) in [4.78, 5) is 1.31. The fourth-order valence-electron chi connectivity index (χ4n) is 1.45. The summed E-state index contributed by atoms with van der Waals surface area (Å²) >= 11 is 1.77. The molecule has 1 aromatic carbocycles. The van der Waals surface area contributed by atoms with Crippen molar-refractivity contribution in [2.45, 2.75) is 10.9 Å². The highest BCUT2D eigenvalue weighted by atomic mass is 32.2. The Hall–Kier alpha value is -0.510. The van der Waals surface area contributed by atoms with E-state index in [1.165, 1.54) is 10.5 Å². The lowest BCUT2D eigenvalue weighted by atomic mass is 10.1. The van der Waals surface area contributed by atoms with Gasteiger partial charge in [0, 0.05) is 12.0 Å². The zero-order chi connectivity index (χ0) is 10.4. The summed E-state index contributed by atoms with van der Waals surface area (Å²) in [6.07, 6.45) is 2.10. The van der Waals surface area contributed by atoms with E-state index in [2.05, 4.69) is 35.8 Å². The van der Waals surface area contributed by atoms with Crippen LogP contribution in [-0.4, -0.2) is 27.0 Å². The van der Waals surface area contributed by atoms with E-state index >= 15 is 0 Å². The maximum absolute atomic E-state index is 5.18. The average Bonchev–Trinajstić information content (AvgIpc) is 2.26. The van der Waals surface area contributed by atoms with Gasteiger partial charge < -0.3 is 10.1 Å². The van der Waals surface area contributed by atoms with Crippen molar-refractivity contribution in [3.8, 4) is 0 Å². The Bertz CT molecular complexity index is 278. The van der Waals surface area contributed by atoms with Crippen molar-refractivity contribution >= 4 is 11.8 Å². The molecule has 0 amide bonds. The van der Waals surface area contributed by atoms with E-state index in [9.17, 15) is 0 Å². The van der Waals surface area contributed by atoms with Gasteiger partial charge in [0.1, 0.15) is 0 Å². The number of likely N-dealkylation sites (N-methyl/N-ethyl adjacent to an activating group) is 1. The second-order valence-corrected chi connectivity index (χ2v) is 3.89. The van der Waals surface area contributed by atoms with Gasteiger partial charge in [-0.05, 0) is 24.9 Å². The van der Waals surface area contributed by atoms with Crippen molar-refractivity contribution in [1.29, 1.82) is 0 Å². The van der Waals surface area contributed by atoms with E-state index in [1.54, 1.807) is 18.9 Å². The van der Waals surface area contributed by atoms with Crippen molar-refractivity contribution in [2.75, 3.05) is 27.0 Å². The highest BCUT2D eigenvalue weighted by Crippen LogP contribution is 2.25. The fourth-order valence-corrected chi connectivity index (χ4v) is 2.11. The Morgan fingerprint density at radius 1 is 1.43 bits per heavy atom. The number of nitrogens with one attached hydrogen (secondary N) is 1. The third kappa shape index (κ3) is 2.74. The third-order valence-electron chi connectivity index (χ3n) is 2.20. The zero-order valence-corrected chi connectivity index (χ0v) is 9.73. The standard InChI is InChI=1S/C11H17NOS/c1-12-10(8-13-2)9-6-4-5-7-11(9)14-3/h4-7,10,12H,8H2,1-3H3. The first-order valence-corrected chi connectivity index (χ1v) is 5.85. The van der Waals surface area contributed by atoms with Gasteiger partial charge in [0.25, 0.3) is 0 Å². The van der Waals surface area contributed by atoms with Crippen LogP contribution in [0.3, 0.4) is 0 Å². The molecule has 1 atom stereocenters. The molecule has 0 saturated carbocycles. The molecule has 1 aromatic rings. The van der Waals surface area contributed by atoms with Gasteiger partial charge in [-0.25, -0.2) is 0 Å². The number of benzene rings is 1. The Labute approximate surface area is 90.0 Å². The molecule has 2 nitrogen and oxygen atoms in total. The molecule has 0 saturated heterocycles. The second kappa shape index (κ2) is 6.06. The van der Waals surface area contributed by atoms with E-state index in [-0.39, 0.29) is 6.04 Å². The van der Waals surface area contributed by atoms with E-state index in [4.69, 9.17) is 4.74 Å². The van der Waals surface area contributed by atoms with Crippen molar-refractivity contribution in [1.82, 2.24) is 5.32 Å². The molecule has 0 aromatic heterocycles. The molecule has 0 fully saturated rings. The zero-order valence-electron chi connectivity index (χ0n) is 8.91. The average molecular weight is 211 g/mol. The Morgan fingerprint density at radius 3 is 2.71 bits per heavy atom. The molecule has 0 aliphatic carbocycles. The van der Waals surface area contributed by atoms with Gasteiger partial charge in [0.15, 0.2) is 0 Å². The van der Waals surface area contributed by atoms with Crippen LogP contribution >= 0.6 is 11.8 Å². The molecule has 1 unspecified atom stereocenters. The lowest BCUT2D eigenvalue weighted by molar-refractivity contribution is 0.169. The Kier molecular flexibility index (Phi) is 5.01. The third-order valence-corrected chi connectivity index (χ3v) is 3.01. The smallest absolute Gasteiger partial charge is 0.0658 e. The number of methoxy groups -OCH3 is 1. The van der Waals surface area contributed by atoms with Crippen LogP contribution in [0.4, 0.5) is 0 Å². The molecular weight excluding hydrogens is 194 g/mol. The lowest BCUT2D eigenvalue weighted by Crippen LogP contribution is -2.21. The monoisotopic (exact) mass is 211 g/mol. The van der Waals surface area contributed by atoms with Crippen LogP contribution in [0.1, 0.15) is 11.6 Å². The summed E-state index contributed by atoms with van der Waals surface area (Å²) in [6.45, 7) is 0.702. The van der Waals surface area contributed by atoms with Gasteiger partial charge in [-0.1, -0.05) is 18.2 Å². The Morgan fingerprint density at radius 2 is 2.14 bits per heavy atom. The normalized spacial score (nSPS) is 12.8. The van der Waals surface area contributed by atoms with Gasteiger partial charge in [-0.2, -0.15) is 0 Å². The highest BCUT2D eigenvalue weighted by molar-refractivity contribution is 7.98. The molecule has 0 bridgehead atoms. The summed E-state index contributed by atoms with van der Waals surface area (Å²) in [7, 11) is 3.69. The number of rotatable bonds is 5. The maximum Gasteiger partial charge on any atom is 0.0658 e. The number of hydrogen-bond acceptors (Lipinski definition) is 3. The molecule has 0 spiro atoms. The molecular formula is C11H17NOS. The summed E-state index contributed by atoms with van der Waals surface area (Å²) in [5, 5.41) is 3.26. The van der Waals surface area contributed by atoms with Crippen LogP contribution in [-0.2, 0) is 4.74 Å². The SMILES string of the molecule is CNC(COC)c1ccccc1SC. The van der Waals surface area contributed by atoms with Crippen molar-refractivity contribution in [3.63, 3.8) is 0 Å². The highest BCUT2D eigenvalue weighted by Gasteiger charge is 2.11. The summed E-state index contributed by atoms with van der Waals surface area (Å²) in [5.74, 6) is 0.